The van der Waals surface area contributed by atoms with E-state index in [9.17, 15) is 0 Å². The SMILES string of the molecule is CCc1nn(C)cc1CNCCCNCCOC. The van der Waals surface area contributed by atoms with E-state index in [1.165, 1.54) is 11.3 Å². The van der Waals surface area contributed by atoms with Gasteiger partial charge in [0.15, 0.2) is 0 Å². The smallest absolute Gasteiger partial charge is 0.0666 e. The molecule has 0 saturated carbocycles. The summed E-state index contributed by atoms with van der Waals surface area (Å²) in [5.41, 5.74) is 2.51. The van der Waals surface area contributed by atoms with Gasteiger partial charge in [-0.2, -0.15) is 5.10 Å². The third-order valence-electron chi connectivity index (χ3n) is 2.83. The van der Waals surface area contributed by atoms with Crippen molar-refractivity contribution < 1.29 is 4.74 Å². The molecule has 0 fully saturated rings. The molecule has 2 N–H and O–H groups in total. The number of methoxy groups -OCH3 is 1. The van der Waals surface area contributed by atoms with Crippen molar-refractivity contribution in [2.75, 3.05) is 33.4 Å². The van der Waals surface area contributed by atoms with E-state index in [0.717, 1.165) is 45.6 Å². The molecule has 0 aliphatic carbocycles. The van der Waals surface area contributed by atoms with Crippen molar-refractivity contribution >= 4 is 0 Å². The van der Waals surface area contributed by atoms with Crippen LogP contribution in [0.5, 0.6) is 0 Å². The van der Waals surface area contributed by atoms with E-state index < -0.39 is 0 Å². The van der Waals surface area contributed by atoms with Crippen LogP contribution >= 0.6 is 0 Å². The Morgan fingerprint density at radius 3 is 2.78 bits per heavy atom. The normalized spacial score (nSPS) is 11.1. The second-order valence-corrected chi connectivity index (χ2v) is 4.40. The van der Waals surface area contributed by atoms with Gasteiger partial charge in [0.05, 0.1) is 12.3 Å². The molecule has 1 aromatic heterocycles. The van der Waals surface area contributed by atoms with Crippen molar-refractivity contribution in [2.45, 2.75) is 26.3 Å². The third-order valence-corrected chi connectivity index (χ3v) is 2.83. The predicted molar refractivity (Wildman–Crippen MR) is 73.7 cm³/mol. The van der Waals surface area contributed by atoms with Gasteiger partial charge < -0.3 is 15.4 Å². The lowest BCUT2D eigenvalue weighted by molar-refractivity contribution is 0.199. The fourth-order valence-corrected chi connectivity index (χ4v) is 1.89. The summed E-state index contributed by atoms with van der Waals surface area (Å²) in [6.45, 7) is 6.82. The number of hydrogen-bond acceptors (Lipinski definition) is 4. The molecule has 0 spiro atoms. The van der Waals surface area contributed by atoms with Crippen molar-refractivity contribution in [3.05, 3.63) is 17.5 Å². The van der Waals surface area contributed by atoms with E-state index in [1.807, 2.05) is 11.7 Å². The summed E-state index contributed by atoms with van der Waals surface area (Å²) in [6, 6.07) is 0. The first-order valence-corrected chi connectivity index (χ1v) is 6.69. The van der Waals surface area contributed by atoms with Crippen LogP contribution in [-0.4, -0.2) is 43.1 Å². The van der Waals surface area contributed by atoms with E-state index in [-0.39, 0.29) is 0 Å². The van der Waals surface area contributed by atoms with Gasteiger partial charge in [-0.1, -0.05) is 6.92 Å². The second kappa shape index (κ2) is 9.08. The van der Waals surface area contributed by atoms with Crippen molar-refractivity contribution in [3.63, 3.8) is 0 Å². The number of aryl methyl sites for hydroxylation is 2. The molecule has 0 bridgehead atoms. The first-order valence-electron chi connectivity index (χ1n) is 6.69. The Morgan fingerprint density at radius 2 is 2.06 bits per heavy atom. The molecule has 0 aliphatic heterocycles. The first-order chi connectivity index (χ1) is 8.77. The Hall–Kier alpha value is -0.910. The summed E-state index contributed by atoms with van der Waals surface area (Å²) in [5.74, 6) is 0. The van der Waals surface area contributed by atoms with Crippen LogP contribution in [0.4, 0.5) is 0 Å². The minimum Gasteiger partial charge on any atom is -0.383 e. The van der Waals surface area contributed by atoms with E-state index in [4.69, 9.17) is 4.74 Å². The Balaban J connectivity index is 2.06. The van der Waals surface area contributed by atoms with Gasteiger partial charge in [0.2, 0.25) is 0 Å². The van der Waals surface area contributed by atoms with Gasteiger partial charge in [-0.25, -0.2) is 0 Å². The topological polar surface area (TPSA) is 51.1 Å². The summed E-state index contributed by atoms with van der Waals surface area (Å²) < 4.78 is 6.86. The largest absolute Gasteiger partial charge is 0.383 e. The molecule has 1 heterocycles. The van der Waals surface area contributed by atoms with Gasteiger partial charge >= 0.3 is 0 Å². The van der Waals surface area contributed by atoms with Crippen molar-refractivity contribution in [1.82, 2.24) is 20.4 Å². The maximum atomic E-state index is 4.97. The molecule has 104 valence electrons. The lowest BCUT2D eigenvalue weighted by Crippen LogP contribution is -2.24. The summed E-state index contributed by atoms with van der Waals surface area (Å²) in [5, 5.41) is 11.2. The lowest BCUT2D eigenvalue weighted by atomic mass is 10.2. The number of aromatic nitrogens is 2. The van der Waals surface area contributed by atoms with Crippen LogP contribution in [0.15, 0.2) is 6.20 Å². The van der Waals surface area contributed by atoms with Crippen molar-refractivity contribution in [3.8, 4) is 0 Å². The van der Waals surface area contributed by atoms with E-state index >= 15 is 0 Å². The van der Waals surface area contributed by atoms with Gasteiger partial charge in [-0.3, -0.25) is 4.68 Å². The van der Waals surface area contributed by atoms with Crippen LogP contribution in [0.3, 0.4) is 0 Å². The summed E-state index contributed by atoms with van der Waals surface area (Å²) >= 11 is 0. The molecule has 1 rings (SSSR count). The van der Waals surface area contributed by atoms with Crippen molar-refractivity contribution in [1.29, 1.82) is 0 Å². The highest BCUT2D eigenvalue weighted by Crippen LogP contribution is 2.06. The zero-order valence-electron chi connectivity index (χ0n) is 11.8. The zero-order valence-corrected chi connectivity index (χ0v) is 11.8. The Labute approximate surface area is 110 Å². The minimum absolute atomic E-state index is 0.781. The Morgan fingerprint density at radius 1 is 1.28 bits per heavy atom. The van der Waals surface area contributed by atoms with Gasteiger partial charge in [0.1, 0.15) is 0 Å². The summed E-state index contributed by atoms with van der Waals surface area (Å²) in [4.78, 5) is 0. The molecule has 0 saturated heterocycles. The van der Waals surface area contributed by atoms with Crippen LogP contribution in [0.25, 0.3) is 0 Å². The number of ether oxygens (including phenoxy) is 1. The van der Waals surface area contributed by atoms with Gasteiger partial charge in [0, 0.05) is 39.0 Å². The standard InChI is InChI=1S/C13H26N4O/c1-4-13-12(11-17(2)16-13)10-15-7-5-6-14-8-9-18-3/h11,14-15H,4-10H2,1-3H3. The fourth-order valence-electron chi connectivity index (χ4n) is 1.89. The predicted octanol–water partition coefficient (Wildman–Crippen LogP) is 0.698. The van der Waals surface area contributed by atoms with E-state index in [2.05, 4.69) is 28.9 Å². The quantitative estimate of drug-likeness (QED) is 0.604. The molecular formula is C13H26N4O. The maximum Gasteiger partial charge on any atom is 0.0666 e. The van der Waals surface area contributed by atoms with Gasteiger partial charge in [-0.05, 0) is 25.9 Å². The molecule has 0 unspecified atom stereocenters. The molecule has 0 radical (unpaired) electrons. The second-order valence-electron chi connectivity index (χ2n) is 4.40. The third kappa shape index (κ3) is 5.62. The van der Waals surface area contributed by atoms with E-state index in [1.54, 1.807) is 7.11 Å². The van der Waals surface area contributed by atoms with Crippen LogP contribution in [0.2, 0.25) is 0 Å². The highest BCUT2D eigenvalue weighted by molar-refractivity contribution is 5.16. The number of nitrogens with zero attached hydrogens (tertiary/aromatic N) is 2. The summed E-state index contributed by atoms with van der Waals surface area (Å²) in [6.07, 6.45) is 4.23. The first kappa shape index (κ1) is 15.1. The monoisotopic (exact) mass is 254 g/mol. The Kier molecular flexibility index (Phi) is 7.64. The molecule has 1 aromatic rings. The highest BCUT2D eigenvalue weighted by Gasteiger charge is 2.04. The number of nitrogens with one attached hydrogen (secondary N) is 2. The van der Waals surface area contributed by atoms with Gasteiger partial charge in [-0.15, -0.1) is 0 Å². The molecule has 18 heavy (non-hydrogen) atoms. The number of rotatable bonds is 10. The molecule has 0 amide bonds. The highest BCUT2D eigenvalue weighted by atomic mass is 16.5. The van der Waals surface area contributed by atoms with Crippen LogP contribution in [-0.2, 0) is 24.8 Å². The van der Waals surface area contributed by atoms with Crippen molar-refractivity contribution in [2.24, 2.45) is 7.05 Å². The molecule has 0 aliphatic rings. The molecule has 5 heteroatoms. The lowest BCUT2D eigenvalue weighted by Gasteiger charge is -2.05. The molecule has 0 atom stereocenters. The average molecular weight is 254 g/mol. The zero-order chi connectivity index (χ0) is 13.2. The minimum atomic E-state index is 0.781. The number of hydrogen-bond donors (Lipinski definition) is 2. The maximum absolute atomic E-state index is 4.97. The van der Waals surface area contributed by atoms with Gasteiger partial charge in [0.25, 0.3) is 0 Å². The Bertz CT molecular complexity index is 325. The van der Waals surface area contributed by atoms with Crippen LogP contribution in [0, 0.1) is 0 Å². The molecule has 0 aromatic carbocycles. The van der Waals surface area contributed by atoms with Crippen LogP contribution in [0.1, 0.15) is 24.6 Å². The van der Waals surface area contributed by atoms with Crippen LogP contribution < -0.4 is 10.6 Å². The summed E-state index contributed by atoms with van der Waals surface area (Å²) in [7, 11) is 3.70. The van der Waals surface area contributed by atoms with E-state index in [0.29, 0.717) is 0 Å². The molecule has 5 nitrogen and oxygen atoms in total. The fraction of sp³-hybridized carbons (Fsp3) is 0.769. The molecular weight excluding hydrogens is 228 g/mol. The average Bonchev–Trinajstić information content (AvgIpc) is 2.73.